The number of β-amino-alcohol motifs (C(OH)–C–C–N with tert-alkyl or cyclic N) is 1. The van der Waals surface area contributed by atoms with E-state index in [4.69, 9.17) is 11.6 Å². The van der Waals surface area contributed by atoms with Gasteiger partial charge in [0.05, 0.1) is 18.5 Å². The fraction of sp³-hybridized carbons (Fsp3) is 0.600. The molecule has 1 aromatic heterocycles. The molecule has 1 aromatic rings. The molecule has 3 atom stereocenters. The zero-order valence-electron chi connectivity index (χ0n) is 8.95. The molecule has 1 N–H and O–H groups in total. The Kier molecular flexibility index (Phi) is 3.16. The molecule has 88 valence electrons. The first-order valence-electron chi connectivity index (χ1n) is 5.18. The highest BCUT2D eigenvalue weighted by Gasteiger charge is 2.35. The zero-order chi connectivity index (χ0) is 11.7. The number of halogens is 1. The highest BCUT2D eigenvalue weighted by Crippen LogP contribution is 2.23. The Labute approximate surface area is 98.6 Å². The number of hydrogen-bond donors (Lipinski definition) is 1. The summed E-state index contributed by atoms with van der Waals surface area (Å²) >= 11 is 5.74. The maximum Gasteiger partial charge on any atom is 0.240 e. The second kappa shape index (κ2) is 4.43. The van der Waals surface area contributed by atoms with Crippen LogP contribution in [0.1, 0.15) is 13.0 Å². The first-order valence-corrected chi connectivity index (χ1v) is 5.61. The molecule has 0 spiro atoms. The van der Waals surface area contributed by atoms with Gasteiger partial charge < -0.3 is 14.6 Å². The van der Waals surface area contributed by atoms with Crippen LogP contribution in [0, 0.1) is 0 Å². The minimum atomic E-state index is -0.562. The largest absolute Gasteiger partial charge is 0.389 e. The van der Waals surface area contributed by atoms with Crippen molar-refractivity contribution in [3.63, 3.8) is 0 Å². The van der Waals surface area contributed by atoms with Gasteiger partial charge in [-0.1, -0.05) is 0 Å². The number of carbonyl (C=O) groups is 1. The summed E-state index contributed by atoms with van der Waals surface area (Å²) in [5.41, 5.74) is 0. The van der Waals surface area contributed by atoms with Crippen LogP contribution in [0.5, 0.6) is 0 Å². The molecule has 0 aromatic carbocycles. The van der Waals surface area contributed by atoms with Gasteiger partial charge in [0.25, 0.3) is 0 Å². The molecule has 0 saturated carbocycles. The van der Waals surface area contributed by atoms with Gasteiger partial charge in [-0.15, -0.1) is 11.6 Å². The second-order valence-corrected chi connectivity index (χ2v) is 4.66. The van der Waals surface area contributed by atoms with E-state index in [9.17, 15) is 9.90 Å². The summed E-state index contributed by atoms with van der Waals surface area (Å²) in [6, 6.07) is -0.123. The summed E-state index contributed by atoms with van der Waals surface area (Å²) in [6.07, 6.45) is 4.52. The minimum Gasteiger partial charge on any atom is -0.389 e. The lowest BCUT2D eigenvalue weighted by Crippen LogP contribution is -2.34. The van der Waals surface area contributed by atoms with Crippen LogP contribution in [-0.4, -0.2) is 50.0 Å². The fourth-order valence-corrected chi connectivity index (χ4v) is 2.10. The molecule has 2 rings (SSSR count). The topological polar surface area (TPSA) is 58.4 Å². The van der Waals surface area contributed by atoms with Gasteiger partial charge in [-0.05, 0) is 6.92 Å². The normalized spacial score (nSPS) is 27.1. The van der Waals surface area contributed by atoms with E-state index >= 15 is 0 Å². The molecule has 1 aliphatic heterocycles. The predicted molar refractivity (Wildman–Crippen MR) is 59.2 cm³/mol. The SMILES string of the molecule is C[C@H](Cl)C(=O)N1C[C@@H](O)[C@H](n2ccnc2)C1. The van der Waals surface area contributed by atoms with Crippen LogP contribution in [0.4, 0.5) is 0 Å². The summed E-state index contributed by atoms with van der Waals surface area (Å²) in [7, 11) is 0. The van der Waals surface area contributed by atoms with Gasteiger partial charge in [0.1, 0.15) is 5.38 Å². The van der Waals surface area contributed by atoms with Crippen LogP contribution < -0.4 is 0 Å². The fourth-order valence-electron chi connectivity index (χ4n) is 1.96. The lowest BCUT2D eigenvalue weighted by Gasteiger charge is -2.17. The first kappa shape index (κ1) is 11.4. The number of aliphatic hydroxyl groups excluding tert-OH is 1. The third-order valence-electron chi connectivity index (χ3n) is 2.82. The number of hydrogen-bond acceptors (Lipinski definition) is 3. The molecule has 0 radical (unpaired) electrons. The Morgan fingerprint density at radius 1 is 1.62 bits per heavy atom. The molecule has 1 saturated heterocycles. The molecule has 2 heterocycles. The molecule has 6 heteroatoms. The molecule has 0 unspecified atom stereocenters. The number of likely N-dealkylation sites (tertiary alicyclic amines) is 1. The van der Waals surface area contributed by atoms with Crippen LogP contribution in [-0.2, 0) is 4.79 Å². The smallest absolute Gasteiger partial charge is 0.240 e. The maximum absolute atomic E-state index is 11.7. The molecule has 5 nitrogen and oxygen atoms in total. The van der Waals surface area contributed by atoms with Crippen molar-refractivity contribution in [3.8, 4) is 0 Å². The standard InChI is InChI=1S/C10H14ClN3O2/c1-7(11)10(16)14-4-8(9(15)5-14)13-3-2-12-6-13/h2-3,6-9,15H,4-5H2,1H3/t7-,8+,9+/m0/s1. The van der Waals surface area contributed by atoms with E-state index in [1.54, 1.807) is 30.5 Å². The van der Waals surface area contributed by atoms with Crippen LogP contribution in [0.3, 0.4) is 0 Å². The summed E-state index contributed by atoms with van der Waals surface area (Å²) in [6.45, 7) is 2.45. The maximum atomic E-state index is 11.7. The Morgan fingerprint density at radius 3 is 2.94 bits per heavy atom. The number of nitrogens with zero attached hydrogens (tertiary/aromatic N) is 3. The number of imidazole rings is 1. The first-order chi connectivity index (χ1) is 7.59. The highest BCUT2D eigenvalue weighted by molar-refractivity contribution is 6.30. The summed E-state index contributed by atoms with van der Waals surface area (Å²) in [5, 5.41) is 9.33. The summed E-state index contributed by atoms with van der Waals surface area (Å²) in [5.74, 6) is -0.136. The van der Waals surface area contributed by atoms with Crippen LogP contribution in [0.15, 0.2) is 18.7 Å². The van der Waals surface area contributed by atoms with Crippen LogP contribution in [0.2, 0.25) is 0 Å². The van der Waals surface area contributed by atoms with Crippen molar-refractivity contribution < 1.29 is 9.90 Å². The van der Waals surface area contributed by atoms with Gasteiger partial charge >= 0.3 is 0 Å². The van der Waals surface area contributed by atoms with Gasteiger partial charge in [0.15, 0.2) is 0 Å². The molecule has 1 fully saturated rings. The van der Waals surface area contributed by atoms with E-state index < -0.39 is 11.5 Å². The molecular weight excluding hydrogens is 230 g/mol. The lowest BCUT2D eigenvalue weighted by atomic mass is 10.2. The third-order valence-corrected chi connectivity index (χ3v) is 3.01. The molecule has 0 bridgehead atoms. The van der Waals surface area contributed by atoms with Gasteiger partial charge in [-0.2, -0.15) is 0 Å². The number of carbonyl (C=O) groups excluding carboxylic acids is 1. The van der Waals surface area contributed by atoms with Gasteiger partial charge in [-0.3, -0.25) is 4.79 Å². The van der Waals surface area contributed by atoms with Gasteiger partial charge in [-0.25, -0.2) is 4.98 Å². The van der Waals surface area contributed by atoms with Crippen LogP contribution in [0.25, 0.3) is 0 Å². The number of aliphatic hydroxyl groups is 1. The Morgan fingerprint density at radius 2 is 2.38 bits per heavy atom. The number of aromatic nitrogens is 2. The van der Waals surface area contributed by atoms with Gasteiger partial charge in [0.2, 0.25) is 5.91 Å². The highest BCUT2D eigenvalue weighted by atomic mass is 35.5. The van der Waals surface area contributed by atoms with Crippen molar-refractivity contribution in [2.45, 2.75) is 24.4 Å². The van der Waals surface area contributed by atoms with Crippen LogP contribution >= 0.6 is 11.6 Å². The number of alkyl halides is 1. The van der Waals surface area contributed by atoms with Crippen molar-refractivity contribution in [1.82, 2.24) is 14.5 Å². The predicted octanol–water partition coefficient (Wildman–Crippen LogP) is 0.255. The third kappa shape index (κ3) is 2.05. The van der Waals surface area contributed by atoms with Crippen molar-refractivity contribution in [1.29, 1.82) is 0 Å². The van der Waals surface area contributed by atoms with E-state index in [1.807, 2.05) is 4.57 Å². The van der Waals surface area contributed by atoms with E-state index in [-0.39, 0.29) is 11.9 Å². The number of amides is 1. The average Bonchev–Trinajstić information content (AvgIpc) is 2.84. The van der Waals surface area contributed by atoms with Crippen molar-refractivity contribution in [2.24, 2.45) is 0 Å². The zero-order valence-corrected chi connectivity index (χ0v) is 9.71. The Bertz CT molecular complexity index is 366. The van der Waals surface area contributed by atoms with Crippen molar-refractivity contribution in [3.05, 3.63) is 18.7 Å². The van der Waals surface area contributed by atoms with E-state index in [2.05, 4.69) is 4.98 Å². The second-order valence-electron chi connectivity index (χ2n) is 4.00. The van der Waals surface area contributed by atoms with Gasteiger partial charge in [0, 0.05) is 25.5 Å². The quantitative estimate of drug-likeness (QED) is 0.758. The molecule has 16 heavy (non-hydrogen) atoms. The Balaban J connectivity index is 2.08. The summed E-state index contributed by atoms with van der Waals surface area (Å²) in [4.78, 5) is 17.2. The molecule has 1 amide bonds. The van der Waals surface area contributed by atoms with Crippen molar-refractivity contribution >= 4 is 17.5 Å². The summed E-state index contributed by atoms with van der Waals surface area (Å²) < 4.78 is 1.82. The monoisotopic (exact) mass is 243 g/mol. The molecule has 0 aliphatic carbocycles. The van der Waals surface area contributed by atoms with Crippen molar-refractivity contribution in [2.75, 3.05) is 13.1 Å². The number of rotatable bonds is 2. The lowest BCUT2D eigenvalue weighted by molar-refractivity contribution is -0.129. The van der Waals surface area contributed by atoms with E-state index in [0.29, 0.717) is 13.1 Å². The molecular formula is C10H14ClN3O2. The molecule has 1 aliphatic rings. The Hall–Kier alpha value is -1.07. The minimum absolute atomic E-state index is 0.123. The average molecular weight is 244 g/mol. The van der Waals surface area contributed by atoms with E-state index in [1.165, 1.54) is 0 Å². The van der Waals surface area contributed by atoms with E-state index in [0.717, 1.165) is 0 Å².